The molecule has 0 radical (unpaired) electrons. The lowest BCUT2D eigenvalue weighted by atomic mass is 9.90. The molecule has 0 spiro atoms. The van der Waals surface area contributed by atoms with Crippen LogP contribution in [0.1, 0.15) is 86.2 Å². The molecule has 81 heavy (non-hydrogen) atoms. The van der Waals surface area contributed by atoms with Crippen LogP contribution in [0.15, 0.2) is 79.3 Å². The number of aliphatic hydroxyl groups is 2. The lowest BCUT2D eigenvalue weighted by Crippen LogP contribution is -2.55. The van der Waals surface area contributed by atoms with Crippen LogP contribution >= 0.6 is 22.9 Å². The van der Waals surface area contributed by atoms with E-state index in [-0.39, 0.29) is 79.2 Å². The van der Waals surface area contributed by atoms with Crippen LogP contribution < -0.4 is 14.8 Å². The summed E-state index contributed by atoms with van der Waals surface area (Å²) in [4.78, 5) is 51.4. The molecule has 21 heteroatoms. The maximum Gasteiger partial charge on any atom is 0.586 e. The normalized spacial score (nSPS) is 21.6. The zero-order valence-corrected chi connectivity index (χ0v) is 47.3. The number of alkyl halides is 2. The average molecular weight is 1150 g/mol. The van der Waals surface area contributed by atoms with Crippen LogP contribution in [0.5, 0.6) is 11.5 Å². The van der Waals surface area contributed by atoms with Crippen LogP contribution in [0.2, 0.25) is 5.02 Å². The summed E-state index contributed by atoms with van der Waals surface area (Å²) < 4.78 is 63.2. The number of imide groups is 1. The van der Waals surface area contributed by atoms with Crippen LogP contribution in [0.3, 0.4) is 0 Å². The number of aryl methyl sites for hydroxylation is 2. The van der Waals surface area contributed by atoms with Gasteiger partial charge in [0, 0.05) is 107 Å². The van der Waals surface area contributed by atoms with Crippen molar-refractivity contribution in [1.29, 1.82) is 0 Å². The second kappa shape index (κ2) is 21.1. The van der Waals surface area contributed by atoms with E-state index in [1.807, 2.05) is 61.3 Å². The number of carbonyl (C=O) groups excluding carboxylic acids is 3. The predicted octanol–water partition coefficient (Wildman–Crippen LogP) is 9.54. The zero-order chi connectivity index (χ0) is 56.9. The Labute approximate surface area is 475 Å². The number of thiophene rings is 1. The van der Waals surface area contributed by atoms with Crippen molar-refractivity contribution in [2.24, 2.45) is 11.8 Å². The molecule has 3 N–H and O–H groups in total. The van der Waals surface area contributed by atoms with Gasteiger partial charge >= 0.3 is 6.29 Å². The smallest absolute Gasteiger partial charge is 0.395 e. The second-order valence-corrected chi connectivity index (χ2v) is 25.0. The molecule has 7 heterocycles. The number of rotatable bonds is 20. The monoisotopic (exact) mass is 1150 g/mol. The molecule has 3 aromatic carbocycles. The Balaban J connectivity index is 0.631. The van der Waals surface area contributed by atoms with Crippen LogP contribution in [0, 0.1) is 24.6 Å². The first-order chi connectivity index (χ1) is 38.7. The third kappa shape index (κ3) is 10.7. The number of carbonyl (C=O) groups is 3. The fourth-order valence-corrected chi connectivity index (χ4v) is 13.7. The van der Waals surface area contributed by atoms with Gasteiger partial charge in [-0.25, -0.2) is 4.39 Å². The van der Waals surface area contributed by atoms with Crippen LogP contribution in [-0.4, -0.2) is 119 Å². The van der Waals surface area contributed by atoms with Crippen molar-refractivity contribution in [3.8, 4) is 22.6 Å². The maximum atomic E-state index is 16.0. The first-order valence-electron chi connectivity index (χ1n) is 27.6. The van der Waals surface area contributed by atoms with Gasteiger partial charge in [0.1, 0.15) is 5.82 Å². The number of hydrogen-bond acceptors (Lipinski definition) is 13. The summed E-state index contributed by atoms with van der Waals surface area (Å²) in [7, 11) is 0. The molecular formula is C60H64ClF3N8O8S. The highest BCUT2D eigenvalue weighted by molar-refractivity contribution is 7.19. The largest absolute Gasteiger partial charge is 0.586 e. The van der Waals surface area contributed by atoms with Gasteiger partial charge < -0.3 is 34.3 Å². The van der Waals surface area contributed by atoms with Crippen molar-refractivity contribution >= 4 is 67.5 Å². The molecular weight excluding hydrogens is 1090 g/mol. The highest BCUT2D eigenvalue weighted by Crippen LogP contribution is 2.53. The summed E-state index contributed by atoms with van der Waals surface area (Å²) in [5.74, 6) is -1.88. The Morgan fingerprint density at radius 2 is 1.73 bits per heavy atom. The number of fused-ring (bicyclic) bond motifs is 4. The van der Waals surface area contributed by atoms with Crippen molar-refractivity contribution in [2.45, 2.75) is 128 Å². The van der Waals surface area contributed by atoms with E-state index in [2.05, 4.69) is 61.6 Å². The minimum absolute atomic E-state index is 0.0111. The number of aromatic nitrogens is 4. The molecule has 3 aliphatic heterocycles. The Bertz CT molecular complexity index is 3600. The van der Waals surface area contributed by atoms with Gasteiger partial charge in [-0.2, -0.15) is 5.10 Å². The summed E-state index contributed by atoms with van der Waals surface area (Å²) >= 11 is 8.35. The molecule has 2 saturated heterocycles. The van der Waals surface area contributed by atoms with E-state index < -0.39 is 35.0 Å². The number of ether oxygens (including phenoxy) is 3. The number of nitrogens with zero attached hydrogens (tertiary/aromatic N) is 7. The van der Waals surface area contributed by atoms with Crippen LogP contribution in [0.4, 0.5) is 18.9 Å². The van der Waals surface area contributed by atoms with Crippen molar-refractivity contribution < 1.29 is 52.0 Å². The van der Waals surface area contributed by atoms with Gasteiger partial charge in [-0.05, 0) is 117 Å². The maximum absolute atomic E-state index is 16.0. The molecule has 2 unspecified atom stereocenters. The SMILES string of the molecule is Cc1cc(Cl)cc(-c2ccnc3cc(CN4C(=O)C5CC5C4=O)sc23)c1CN1[C@@H](C)CN(Cc2cnn(CCCOC[C@H](O)Cn3c(C(C)(C)CO)cc4cc(NC(=O)C5(c6ccc7c(c6)OC(F)(F)O7)CC5)c(F)cc43)c2)C[C@@H]1C. The molecule has 4 aromatic heterocycles. The first-order valence-corrected chi connectivity index (χ1v) is 28.8. The molecule has 3 amide bonds. The molecule has 16 nitrogen and oxygen atoms in total. The van der Waals surface area contributed by atoms with E-state index in [4.69, 9.17) is 16.3 Å². The highest BCUT2D eigenvalue weighted by atomic mass is 35.5. The van der Waals surface area contributed by atoms with Crippen molar-refractivity contribution in [2.75, 3.05) is 38.2 Å². The third-order valence-electron chi connectivity index (χ3n) is 16.9. The van der Waals surface area contributed by atoms with E-state index in [1.54, 1.807) is 15.9 Å². The number of piperazine rings is 1. The number of amides is 3. The average Bonchev–Trinajstić information content (AvgIpc) is 4.31. The number of anilines is 1. The number of hydrogen-bond donors (Lipinski definition) is 3. The van der Waals surface area contributed by atoms with Gasteiger partial charge in [-0.1, -0.05) is 31.5 Å². The standard InChI is InChI=1S/C60H64ClF3N8O8S/c1-33-15-39(61)19-43(42-9-12-65-49-20-41(81-54(42)49)29-72-55(75)44-21-45(44)56(72)76)46(33)30-70-34(2)24-68(25-35(70)3)26-36-23-66-69(27-36)13-6-14-78-31-40(74)28-71-50-22-47(62)48(16-37(50)17-53(71)58(4,5)32-73)67-57(77)59(10-11-59)38-7-8-51-52(18-38)80-60(63,64)79-51/h7-9,12,15-20,22-23,27,34-35,40,44-45,73-74H,6,10-11,13-14,21,24-26,28-32H2,1-5H3,(H,67,77)/t34-,35-,40+,44?,45?/m0/s1. The molecule has 12 rings (SSSR count). The van der Waals surface area contributed by atoms with E-state index >= 15 is 4.39 Å². The van der Waals surface area contributed by atoms with E-state index in [9.17, 15) is 33.4 Å². The quantitative estimate of drug-likeness (QED) is 0.0488. The lowest BCUT2D eigenvalue weighted by Gasteiger charge is -2.45. The molecule has 426 valence electrons. The van der Waals surface area contributed by atoms with Crippen molar-refractivity contribution in [3.63, 3.8) is 0 Å². The van der Waals surface area contributed by atoms with Gasteiger partial charge in [0.25, 0.3) is 0 Å². The summed E-state index contributed by atoms with van der Waals surface area (Å²) in [6, 6.07) is 17.5. The lowest BCUT2D eigenvalue weighted by molar-refractivity contribution is -0.286. The Kier molecular flexibility index (Phi) is 14.4. The topological polar surface area (TPSA) is 177 Å². The van der Waals surface area contributed by atoms with E-state index in [0.29, 0.717) is 66.0 Å². The Hall–Kier alpha value is -6.39. The summed E-state index contributed by atoms with van der Waals surface area (Å²) in [5.41, 5.74) is 6.02. The number of benzene rings is 3. The zero-order valence-electron chi connectivity index (χ0n) is 45.7. The molecule has 5 atom stereocenters. The van der Waals surface area contributed by atoms with Crippen LogP contribution in [0.25, 0.3) is 32.2 Å². The summed E-state index contributed by atoms with van der Waals surface area (Å²) in [6.45, 7) is 14.7. The van der Waals surface area contributed by atoms with E-state index in [0.717, 1.165) is 63.5 Å². The van der Waals surface area contributed by atoms with Gasteiger partial charge in [0.05, 0.1) is 77.3 Å². The van der Waals surface area contributed by atoms with Gasteiger partial charge in [-0.15, -0.1) is 20.1 Å². The van der Waals surface area contributed by atoms with Crippen molar-refractivity contribution in [1.82, 2.24) is 34.0 Å². The van der Waals surface area contributed by atoms with E-state index in [1.165, 1.54) is 40.8 Å². The highest BCUT2D eigenvalue weighted by Gasteiger charge is 2.59. The molecule has 2 aliphatic carbocycles. The summed E-state index contributed by atoms with van der Waals surface area (Å²) in [6.07, 6.45) is 3.21. The Morgan fingerprint density at radius 3 is 2.47 bits per heavy atom. The molecule has 4 fully saturated rings. The first kappa shape index (κ1) is 55.2. The second-order valence-electron chi connectivity index (χ2n) is 23.4. The van der Waals surface area contributed by atoms with Gasteiger partial charge in [0.15, 0.2) is 11.5 Å². The number of aliphatic hydroxyl groups excluding tert-OH is 2. The third-order valence-corrected chi connectivity index (χ3v) is 18.3. The predicted molar refractivity (Wildman–Crippen MR) is 300 cm³/mol. The number of nitrogens with one attached hydrogen (secondary N) is 1. The summed E-state index contributed by atoms with van der Waals surface area (Å²) in [5, 5.41) is 30.3. The number of piperidine rings is 1. The van der Waals surface area contributed by atoms with Crippen LogP contribution in [-0.2, 0) is 62.7 Å². The minimum Gasteiger partial charge on any atom is -0.395 e. The number of halogens is 4. The van der Waals surface area contributed by atoms with Gasteiger partial charge in [0.2, 0.25) is 17.7 Å². The minimum atomic E-state index is -3.80. The molecule has 2 saturated carbocycles. The number of likely N-dealkylation sites (tertiary alicyclic amines) is 1. The number of pyridine rings is 1. The molecule has 5 aliphatic rings. The fraction of sp³-hybridized carbons (Fsp3) is 0.450. The fourth-order valence-electron chi connectivity index (χ4n) is 12.3. The Morgan fingerprint density at radius 1 is 0.975 bits per heavy atom. The molecule has 7 aromatic rings. The molecule has 0 bridgehead atoms. The van der Waals surface area contributed by atoms with Crippen molar-refractivity contribution in [3.05, 3.63) is 123 Å². The van der Waals surface area contributed by atoms with Gasteiger partial charge in [-0.3, -0.25) is 38.7 Å².